The highest BCUT2D eigenvalue weighted by molar-refractivity contribution is 5.59. The van der Waals surface area contributed by atoms with E-state index in [1.807, 2.05) is 43.3 Å². The molecule has 0 saturated carbocycles. The molecule has 1 saturated heterocycles. The molecular formula is C22H26N6O. The van der Waals surface area contributed by atoms with Crippen molar-refractivity contribution in [3.63, 3.8) is 0 Å². The number of benzene rings is 1. The highest BCUT2D eigenvalue weighted by Crippen LogP contribution is 2.29. The Morgan fingerprint density at radius 2 is 1.72 bits per heavy atom. The summed E-state index contributed by atoms with van der Waals surface area (Å²) in [6.07, 6.45) is 1.79. The normalized spacial score (nSPS) is 14.0. The topological polar surface area (TPSA) is 66.4 Å². The lowest BCUT2D eigenvalue weighted by Crippen LogP contribution is -2.47. The molecule has 0 unspecified atom stereocenters. The monoisotopic (exact) mass is 390 g/mol. The third kappa shape index (κ3) is 4.56. The van der Waals surface area contributed by atoms with Gasteiger partial charge >= 0.3 is 0 Å². The second-order valence-corrected chi connectivity index (χ2v) is 7.01. The summed E-state index contributed by atoms with van der Waals surface area (Å²) in [5.74, 6) is 2.51. The largest absolute Gasteiger partial charge is 0.495 e. The molecule has 7 heteroatoms. The van der Waals surface area contributed by atoms with Crippen LogP contribution >= 0.6 is 0 Å². The number of para-hydroxylation sites is 2. The van der Waals surface area contributed by atoms with E-state index in [0.29, 0.717) is 12.5 Å². The molecule has 3 aromatic rings. The number of nitrogens with zero attached hydrogens (tertiary/aromatic N) is 5. The number of hydrogen-bond acceptors (Lipinski definition) is 7. The summed E-state index contributed by atoms with van der Waals surface area (Å²) >= 11 is 0. The predicted molar refractivity (Wildman–Crippen MR) is 116 cm³/mol. The van der Waals surface area contributed by atoms with Crippen LogP contribution in [0.4, 0.5) is 17.5 Å². The Hall–Kier alpha value is -3.35. The second kappa shape index (κ2) is 8.77. The van der Waals surface area contributed by atoms with Crippen molar-refractivity contribution in [2.75, 3.05) is 48.4 Å². The maximum absolute atomic E-state index is 5.52. The quantitative estimate of drug-likeness (QED) is 0.694. The first-order valence-electron chi connectivity index (χ1n) is 9.85. The van der Waals surface area contributed by atoms with Crippen molar-refractivity contribution in [3.8, 4) is 5.75 Å². The molecule has 0 radical (unpaired) electrons. The van der Waals surface area contributed by atoms with Gasteiger partial charge in [-0.05, 0) is 31.2 Å². The lowest BCUT2D eigenvalue weighted by molar-refractivity contribution is 0.413. The molecule has 4 rings (SSSR count). The van der Waals surface area contributed by atoms with Gasteiger partial charge in [0.25, 0.3) is 0 Å². The number of pyridine rings is 1. The van der Waals surface area contributed by atoms with Crippen LogP contribution in [0.5, 0.6) is 5.75 Å². The highest BCUT2D eigenvalue weighted by Gasteiger charge is 2.21. The maximum atomic E-state index is 5.52. The minimum atomic E-state index is 0.602. The van der Waals surface area contributed by atoms with Crippen molar-refractivity contribution in [1.29, 1.82) is 0 Å². The van der Waals surface area contributed by atoms with E-state index in [1.165, 1.54) is 0 Å². The molecule has 1 fully saturated rings. The first-order chi connectivity index (χ1) is 14.2. The summed E-state index contributed by atoms with van der Waals surface area (Å²) in [6, 6.07) is 16.1. The van der Waals surface area contributed by atoms with E-state index in [9.17, 15) is 0 Å². The lowest BCUT2D eigenvalue weighted by Gasteiger charge is -2.37. The number of hydrogen-bond donors (Lipinski definition) is 1. The molecule has 150 valence electrons. The molecule has 2 aromatic heterocycles. The Balaban J connectivity index is 1.42. The molecule has 1 aliphatic heterocycles. The van der Waals surface area contributed by atoms with Crippen LogP contribution in [0.2, 0.25) is 0 Å². The van der Waals surface area contributed by atoms with Crippen LogP contribution in [-0.2, 0) is 6.54 Å². The highest BCUT2D eigenvalue weighted by atomic mass is 16.5. The summed E-state index contributed by atoms with van der Waals surface area (Å²) in [5.41, 5.74) is 3.06. The zero-order valence-electron chi connectivity index (χ0n) is 16.9. The molecule has 0 spiro atoms. The number of anilines is 3. The van der Waals surface area contributed by atoms with E-state index in [0.717, 1.165) is 54.8 Å². The Morgan fingerprint density at radius 1 is 0.966 bits per heavy atom. The van der Waals surface area contributed by atoms with Crippen LogP contribution in [0.3, 0.4) is 0 Å². The molecular weight excluding hydrogens is 364 g/mol. The molecule has 1 N–H and O–H groups in total. The van der Waals surface area contributed by atoms with E-state index in [1.54, 1.807) is 13.3 Å². The van der Waals surface area contributed by atoms with Gasteiger partial charge in [-0.2, -0.15) is 4.98 Å². The summed E-state index contributed by atoms with van der Waals surface area (Å²) in [5, 5.41) is 3.29. The molecule has 7 nitrogen and oxygen atoms in total. The number of ether oxygens (including phenoxy) is 1. The molecule has 29 heavy (non-hydrogen) atoms. The number of piperazine rings is 1. The van der Waals surface area contributed by atoms with Crippen LogP contribution in [0, 0.1) is 6.92 Å². The molecule has 1 aliphatic rings. The Labute approximate surface area is 171 Å². The van der Waals surface area contributed by atoms with Crippen molar-refractivity contribution in [2.45, 2.75) is 13.5 Å². The molecule has 1 aromatic carbocycles. The zero-order chi connectivity index (χ0) is 20.1. The van der Waals surface area contributed by atoms with Gasteiger partial charge in [0.2, 0.25) is 5.95 Å². The van der Waals surface area contributed by atoms with Crippen LogP contribution < -0.4 is 19.9 Å². The van der Waals surface area contributed by atoms with Gasteiger partial charge in [-0.25, -0.2) is 4.98 Å². The fraction of sp³-hybridized carbons (Fsp3) is 0.318. The molecule has 3 heterocycles. The Kier molecular flexibility index (Phi) is 5.74. The van der Waals surface area contributed by atoms with Gasteiger partial charge in [0.05, 0.1) is 25.0 Å². The minimum absolute atomic E-state index is 0.602. The third-order valence-corrected chi connectivity index (χ3v) is 5.02. The predicted octanol–water partition coefficient (Wildman–Crippen LogP) is 3.13. The first kappa shape index (κ1) is 19.0. The third-order valence-electron chi connectivity index (χ3n) is 5.02. The Bertz CT molecular complexity index is 941. The summed E-state index contributed by atoms with van der Waals surface area (Å²) in [4.78, 5) is 18.3. The molecule has 0 bridgehead atoms. The summed E-state index contributed by atoms with van der Waals surface area (Å²) < 4.78 is 5.52. The lowest BCUT2D eigenvalue weighted by atomic mass is 10.2. The van der Waals surface area contributed by atoms with Gasteiger partial charge in [-0.15, -0.1) is 0 Å². The van der Waals surface area contributed by atoms with Gasteiger partial charge in [0.1, 0.15) is 11.6 Å². The zero-order valence-corrected chi connectivity index (χ0v) is 16.9. The molecule has 0 atom stereocenters. The van der Waals surface area contributed by atoms with E-state index in [-0.39, 0.29) is 0 Å². The van der Waals surface area contributed by atoms with Crippen LogP contribution in [0.1, 0.15) is 11.4 Å². The summed E-state index contributed by atoms with van der Waals surface area (Å²) in [6.45, 7) is 6.23. The second-order valence-electron chi connectivity index (χ2n) is 7.01. The minimum Gasteiger partial charge on any atom is -0.495 e. The number of nitrogens with one attached hydrogen (secondary N) is 1. The Morgan fingerprint density at radius 3 is 2.48 bits per heavy atom. The van der Waals surface area contributed by atoms with Gasteiger partial charge in [0, 0.05) is 44.1 Å². The van der Waals surface area contributed by atoms with Gasteiger partial charge < -0.3 is 19.9 Å². The number of aryl methyl sites for hydroxylation is 1. The van der Waals surface area contributed by atoms with Crippen LogP contribution in [0.25, 0.3) is 0 Å². The van der Waals surface area contributed by atoms with Crippen molar-refractivity contribution >= 4 is 17.5 Å². The van der Waals surface area contributed by atoms with Crippen molar-refractivity contribution in [1.82, 2.24) is 15.0 Å². The molecule has 0 amide bonds. The van der Waals surface area contributed by atoms with Crippen molar-refractivity contribution < 1.29 is 4.74 Å². The number of aromatic nitrogens is 3. The fourth-order valence-electron chi connectivity index (χ4n) is 3.53. The van der Waals surface area contributed by atoms with Gasteiger partial charge in [-0.1, -0.05) is 18.2 Å². The van der Waals surface area contributed by atoms with E-state index < -0.39 is 0 Å². The van der Waals surface area contributed by atoms with Crippen molar-refractivity contribution in [3.05, 3.63) is 66.1 Å². The first-order valence-corrected chi connectivity index (χ1v) is 9.85. The van der Waals surface area contributed by atoms with E-state index >= 15 is 0 Å². The number of methoxy groups -OCH3 is 1. The fourth-order valence-corrected chi connectivity index (χ4v) is 3.53. The van der Waals surface area contributed by atoms with E-state index in [2.05, 4.69) is 37.2 Å². The van der Waals surface area contributed by atoms with E-state index in [4.69, 9.17) is 9.72 Å². The smallest absolute Gasteiger partial charge is 0.225 e. The maximum Gasteiger partial charge on any atom is 0.225 e. The SMILES string of the molecule is COc1ccccc1N1CCN(c2cc(C)nc(NCc3ccccn3)n2)CC1. The van der Waals surface area contributed by atoms with Crippen LogP contribution in [0.15, 0.2) is 54.7 Å². The molecule has 0 aliphatic carbocycles. The number of rotatable bonds is 6. The summed E-state index contributed by atoms with van der Waals surface area (Å²) in [7, 11) is 1.72. The standard InChI is InChI=1S/C22H26N6O/c1-17-15-21(26-22(25-17)24-16-18-7-5-6-10-23-18)28-13-11-27(12-14-28)19-8-3-4-9-20(19)29-2/h3-10,15H,11-14,16H2,1-2H3,(H,24,25,26). The van der Waals surface area contributed by atoms with Gasteiger partial charge in [0.15, 0.2) is 0 Å². The van der Waals surface area contributed by atoms with Crippen molar-refractivity contribution in [2.24, 2.45) is 0 Å². The average molecular weight is 390 g/mol. The van der Waals surface area contributed by atoms with Crippen LogP contribution in [-0.4, -0.2) is 48.2 Å². The average Bonchev–Trinajstić information content (AvgIpc) is 2.78. The van der Waals surface area contributed by atoms with Gasteiger partial charge in [-0.3, -0.25) is 4.98 Å².